The molecule has 4 atom stereocenters. The number of nitrogens with one attached hydrogen (secondary N) is 2. The number of carboxylic acid groups (broad SMARTS) is 1. The van der Waals surface area contributed by atoms with Crippen molar-refractivity contribution in [2.75, 3.05) is 5.32 Å². The summed E-state index contributed by atoms with van der Waals surface area (Å²) in [5.74, 6) is -0.507. The van der Waals surface area contributed by atoms with E-state index in [0.29, 0.717) is 11.8 Å². The molecule has 2 aromatic carbocycles. The number of aliphatic carboxylic acids is 1. The van der Waals surface area contributed by atoms with Crippen LogP contribution in [0.2, 0.25) is 0 Å². The highest BCUT2D eigenvalue weighted by Gasteiger charge is 2.38. The van der Waals surface area contributed by atoms with Crippen molar-refractivity contribution in [1.29, 1.82) is 0 Å². The summed E-state index contributed by atoms with van der Waals surface area (Å²) in [7, 11) is 0. The third-order valence-electron chi connectivity index (χ3n) is 5.98. The summed E-state index contributed by atoms with van der Waals surface area (Å²) in [6.45, 7) is 1.72. The van der Waals surface area contributed by atoms with Crippen LogP contribution in [0, 0.1) is 5.92 Å². The van der Waals surface area contributed by atoms with Gasteiger partial charge in [-0.2, -0.15) is 0 Å². The molecule has 0 radical (unpaired) electrons. The van der Waals surface area contributed by atoms with Gasteiger partial charge >= 0.3 is 5.97 Å². The predicted molar refractivity (Wildman–Crippen MR) is 113 cm³/mol. The molecule has 0 fully saturated rings. The van der Waals surface area contributed by atoms with Crippen molar-refractivity contribution in [2.24, 2.45) is 5.92 Å². The fourth-order valence-corrected chi connectivity index (χ4v) is 4.49. The third kappa shape index (κ3) is 3.90. The molecular weight excluding hydrogens is 364 g/mol. The molecule has 4 rings (SSSR count). The van der Waals surface area contributed by atoms with Gasteiger partial charge in [0.15, 0.2) is 0 Å². The van der Waals surface area contributed by atoms with Gasteiger partial charge in [-0.1, -0.05) is 61.5 Å². The number of allylic oxidation sites excluding steroid dienone is 2. The zero-order valence-corrected chi connectivity index (χ0v) is 16.5. The molecule has 4 unspecified atom stereocenters. The minimum absolute atomic E-state index is 0.249. The van der Waals surface area contributed by atoms with E-state index in [0.717, 1.165) is 17.7 Å². The van der Waals surface area contributed by atoms with Crippen LogP contribution in [0.25, 0.3) is 0 Å². The number of carboxylic acids is 1. The van der Waals surface area contributed by atoms with Crippen molar-refractivity contribution in [3.05, 3.63) is 77.4 Å². The van der Waals surface area contributed by atoms with Crippen molar-refractivity contribution in [2.45, 2.75) is 44.2 Å². The number of fused-ring (bicyclic) bond motifs is 3. The van der Waals surface area contributed by atoms with Gasteiger partial charge in [0.25, 0.3) is 0 Å². The van der Waals surface area contributed by atoms with Crippen molar-refractivity contribution in [3.8, 4) is 0 Å². The first-order valence-electron chi connectivity index (χ1n) is 10.2. The van der Waals surface area contributed by atoms with Crippen LogP contribution in [0.1, 0.15) is 48.4 Å². The Balaban J connectivity index is 1.61. The Hall–Kier alpha value is -3.08. The van der Waals surface area contributed by atoms with Gasteiger partial charge < -0.3 is 15.7 Å². The third-order valence-corrected chi connectivity index (χ3v) is 5.98. The second kappa shape index (κ2) is 8.11. The molecule has 0 saturated carbocycles. The maximum Gasteiger partial charge on any atom is 0.326 e. The van der Waals surface area contributed by atoms with E-state index in [4.69, 9.17) is 0 Å². The van der Waals surface area contributed by atoms with Crippen LogP contribution in [0.5, 0.6) is 0 Å². The summed E-state index contributed by atoms with van der Waals surface area (Å²) in [5.41, 5.74) is 4.51. The van der Waals surface area contributed by atoms with Gasteiger partial charge in [0.1, 0.15) is 6.04 Å². The molecule has 3 N–H and O–H groups in total. The Kier molecular flexibility index (Phi) is 5.38. The Morgan fingerprint density at radius 1 is 1.21 bits per heavy atom. The van der Waals surface area contributed by atoms with E-state index in [-0.39, 0.29) is 24.8 Å². The SMILES string of the molecule is CCC(=O)NC(Cc1ccc2c(c1)C1C=CCC1C(c1ccccc1)N2)C(=O)O. The van der Waals surface area contributed by atoms with E-state index in [1.165, 1.54) is 11.1 Å². The first kappa shape index (κ1) is 19.2. The zero-order chi connectivity index (χ0) is 20.4. The molecular formula is C24H26N2O3. The van der Waals surface area contributed by atoms with Gasteiger partial charge in [0, 0.05) is 24.4 Å². The summed E-state index contributed by atoms with van der Waals surface area (Å²) in [5, 5.41) is 15.8. The molecule has 0 aromatic heterocycles. The number of anilines is 1. The average molecular weight is 390 g/mol. The van der Waals surface area contributed by atoms with Gasteiger partial charge in [-0.05, 0) is 35.1 Å². The maximum atomic E-state index is 11.7. The number of hydrogen-bond acceptors (Lipinski definition) is 3. The molecule has 1 aliphatic carbocycles. The highest BCUT2D eigenvalue weighted by molar-refractivity contribution is 5.83. The highest BCUT2D eigenvalue weighted by atomic mass is 16.4. The Morgan fingerprint density at radius 3 is 2.72 bits per heavy atom. The minimum Gasteiger partial charge on any atom is -0.480 e. The molecule has 1 amide bonds. The maximum absolute atomic E-state index is 11.7. The molecule has 1 aliphatic heterocycles. The molecule has 0 saturated heterocycles. The van der Waals surface area contributed by atoms with E-state index < -0.39 is 12.0 Å². The first-order valence-corrected chi connectivity index (χ1v) is 10.2. The fraction of sp³-hybridized carbons (Fsp3) is 0.333. The standard InChI is InChI=1S/C24H26N2O3/c1-2-22(27)25-21(24(28)29)14-15-11-12-20-19(13-15)17-9-6-10-18(17)23(26-20)16-7-4-3-5-8-16/h3-9,11-13,17-18,21,23,26H,2,10,14H2,1H3,(H,25,27)(H,28,29). The van der Waals surface area contributed by atoms with Crippen molar-refractivity contribution < 1.29 is 14.7 Å². The topological polar surface area (TPSA) is 78.4 Å². The average Bonchev–Trinajstić information content (AvgIpc) is 3.23. The first-order chi connectivity index (χ1) is 14.1. The predicted octanol–water partition coefficient (Wildman–Crippen LogP) is 4.04. The normalized spacial score (nSPS) is 22.9. The van der Waals surface area contributed by atoms with Gasteiger partial charge in [0.05, 0.1) is 6.04 Å². The number of hydrogen-bond donors (Lipinski definition) is 3. The van der Waals surface area contributed by atoms with E-state index >= 15 is 0 Å². The van der Waals surface area contributed by atoms with Crippen LogP contribution in [-0.4, -0.2) is 23.0 Å². The number of amides is 1. The van der Waals surface area contributed by atoms with Gasteiger partial charge in [-0.25, -0.2) is 4.79 Å². The van der Waals surface area contributed by atoms with Crippen molar-refractivity contribution >= 4 is 17.6 Å². The Bertz CT molecular complexity index is 938. The zero-order valence-electron chi connectivity index (χ0n) is 16.5. The van der Waals surface area contributed by atoms with Crippen LogP contribution < -0.4 is 10.6 Å². The molecule has 2 aliphatic rings. The quantitative estimate of drug-likeness (QED) is 0.651. The molecule has 1 heterocycles. The molecule has 29 heavy (non-hydrogen) atoms. The summed E-state index contributed by atoms with van der Waals surface area (Å²) >= 11 is 0. The van der Waals surface area contributed by atoms with Gasteiger partial charge in [0.2, 0.25) is 5.91 Å². The lowest BCUT2D eigenvalue weighted by atomic mass is 9.76. The lowest BCUT2D eigenvalue weighted by molar-refractivity contribution is -0.141. The Morgan fingerprint density at radius 2 is 2.00 bits per heavy atom. The van der Waals surface area contributed by atoms with Crippen LogP contribution in [-0.2, 0) is 16.0 Å². The molecule has 0 spiro atoms. The van der Waals surface area contributed by atoms with Crippen LogP contribution in [0.15, 0.2) is 60.7 Å². The molecule has 2 aromatic rings. The molecule has 0 bridgehead atoms. The van der Waals surface area contributed by atoms with E-state index in [9.17, 15) is 14.7 Å². The van der Waals surface area contributed by atoms with Crippen LogP contribution in [0.4, 0.5) is 5.69 Å². The van der Waals surface area contributed by atoms with Gasteiger partial charge in [-0.3, -0.25) is 4.79 Å². The summed E-state index contributed by atoms with van der Waals surface area (Å²) in [6, 6.07) is 16.0. The van der Waals surface area contributed by atoms with Gasteiger partial charge in [-0.15, -0.1) is 0 Å². The number of benzene rings is 2. The lowest BCUT2D eigenvalue weighted by Gasteiger charge is -2.38. The summed E-state index contributed by atoms with van der Waals surface area (Å²) in [4.78, 5) is 23.3. The van der Waals surface area contributed by atoms with Crippen molar-refractivity contribution in [1.82, 2.24) is 5.32 Å². The van der Waals surface area contributed by atoms with Crippen LogP contribution in [0.3, 0.4) is 0 Å². The second-order valence-corrected chi connectivity index (χ2v) is 7.82. The van der Waals surface area contributed by atoms with E-state index in [1.54, 1.807) is 6.92 Å². The minimum atomic E-state index is -1.01. The number of carbonyl (C=O) groups excluding carboxylic acids is 1. The van der Waals surface area contributed by atoms with Crippen LogP contribution >= 0.6 is 0 Å². The van der Waals surface area contributed by atoms with E-state index in [2.05, 4.69) is 53.1 Å². The number of carbonyl (C=O) groups is 2. The molecule has 5 heteroatoms. The molecule has 150 valence electrons. The van der Waals surface area contributed by atoms with E-state index in [1.807, 2.05) is 18.2 Å². The monoisotopic (exact) mass is 390 g/mol. The summed E-state index contributed by atoms with van der Waals surface area (Å²) < 4.78 is 0. The largest absolute Gasteiger partial charge is 0.480 e. The fourth-order valence-electron chi connectivity index (χ4n) is 4.49. The highest BCUT2D eigenvalue weighted by Crippen LogP contribution is 2.49. The van der Waals surface area contributed by atoms with Crippen molar-refractivity contribution in [3.63, 3.8) is 0 Å². The second-order valence-electron chi connectivity index (χ2n) is 7.82. The smallest absolute Gasteiger partial charge is 0.326 e. The summed E-state index contributed by atoms with van der Waals surface area (Å²) in [6.07, 6.45) is 6.09. The molecule has 5 nitrogen and oxygen atoms in total. The Labute approximate surface area is 170 Å². The lowest BCUT2D eigenvalue weighted by Crippen LogP contribution is -2.42. The number of rotatable bonds is 6.